The Morgan fingerprint density at radius 2 is 1.66 bits per heavy atom. The summed E-state index contributed by atoms with van der Waals surface area (Å²) in [5.74, 6) is 0.222. The van der Waals surface area contributed by atoms with Gasteiger partial charge in [0.1, 0.15) is 5.82 Å². The normalized spacial score (nSPS) is 10.7. The number of carbonyl (C=O) groups is 1. The highest BCUT2D eigenvalue weighted by atomic mass is 16.4. The van der Waals surface area contributed by atoms with E-state index in [-0.39, 0.29) is 5.56 Å². The maximum Gasteiger partial charge on any atom is 0.335 e. The molecule has 0 aliphatic rings. The average molecular weight is 384 g/mol. The number of aromatic nitrogens is 2. The van der Waals surface area contributed by atoms with Crippen LogP contribution in [0, 0.1) is 6.92 Å². The molecule has 0 atom stereocenters. The van der Waals surface area contributed by atoms with Gasteiger partial charge in [-0.2, -0.15) is 4.98 Å². The second-order valence-electron chi connectivity index (χ2n) is 6.76. The van der Waals surface area contributed by atoms with E-state index in [0.717, 1.165) is 28.0 Å². The number of anilines is 3. The maximum absolute atomic E-state index is 11.0. The van der Waals surface area contributed by atoms with Crippen molar-refractivity contribution >= 4 is 34.3 Å². The second kappa shape index (κ2) is 7.98. The topological polar surface area (TPSA) is 87.1 Å². The zero-order valence-electron chi connectivity index (χ0n) is 15.9. The smallest absolute Gasteiger partial charge is 0.335 e. The Kier molecular flexibility index (Phi) is 5.07. The van der Waals surface area contributed by atoms with Crippen LogP contribution in [-0.4, -0.2) is 21.0 Å². The number of nitrogens with zero attached hydrogens (tertiary/aromatic N) is 2. The molecule has 6 nitrogen and oxygen atoms in total. The fourth-order valence-electron chi connectivity index (χ4n) is 2.98. The van der Waals surface area contributed by atoms with E-state index in [1.807, 2.05) is 24.3 Å². The summed E-state index contributed by atoms with van der Waals surface area (Å²) in [5, 5.41) is 16.5. The lowest BCUT2D eigenvalue weighted by atomic mass is 10.1. The van der Waals surface area contributed by atoms with Crippen molar-refractivity contribution in [2.24, 2.45) is 0 Å². The van der Waals surface area contributed by atoms with Crippen LogP contribution in [0.5, 0.6) is 0 Å². The van der Waals surface area contributed by atoms with E-state index < -0.39 is 5.97 Å². The summed E-state index contributed by atoms with van der Waals surface area (Å²) in [5.41, 5.74) is 4.16. The number of carboxylic acid groups (broad SMARTS) is 1. The Labute approximate surface area is 168 Å². The summed E-state index contributed by atoms with van der Waals surface area (Å²) in [6.45, 7) is 2.71. The van der Waals surface area contributed by atoms with Crippen LogP contribution in [0.25, 0.3) is 10.9 Å². The van der Waals surface area contributed by atoms with Crippen molar-refractivity contribution < 1.29 is 9.90 Å². The molecule has 0 saturated carbocycles. The maximum atomic E-state index is 11.0. The predicted molar refractivity (Wildman–Crippen MR) is 115 cm³/mol. The average Bonchev–Trinajstić information content (AvgIpc) is 2.73. The molecule has 0 fully saturated rings. The lowest BCUT2D eigenvalue weighted by Crippen LogP contribution is -2.06. The monoisotopic (exact) mass is 384 g/mol. The van der Waals surface area contributed by atoms with Gasteiger partial charge in [-0.3, -0.25) is 0 Å². The molecule has 0 aliphatic carbocycles. The van der Waals surface area contributed by atoms with Crippen LogP contribution in [0.1, 0.15) is 21.5 Å². The predicted octanol–water partition coefficient (Wildman–Crippen LogP) is 4.99. The molecular formula is C23H20N4O2. The number of para-hydroxylation sites is 1. The van der Waals surface area contributed by atoms with Gasteiger partial charge in [-0.25, -0.2) is 9.78 Å². The standard InChI is InChI=1S/C23H20N4O2/c1-15-6-8-16(9-7-15)14-24-21-19-4-2-3-5-20(19)26-23(27-21)25-18-12-10-17(11-13-18)22(28)29/h2-13H,14H2,1H3,(H,28,29)(H2,24,25,26,27). The third-order valence-corrected chi connectivity index (χ3v) is 4.57. The molecule has 0 aliphatic heterocycles. The Balaban J connectivity index is 1.61. The summed E-state index contributed by atoms with van der Waals surface area (Å²) < 4.78 is 0. The summed E-state index contributed by atoms with van der Waals surface area (Å²) in [7, 11) is 0. The third kappa shape index (κ3) is 4.32. The summed E-state index contributed by atoms with van der Waals surface area (Å²) in [6, 6.07) is 22.7. The van der Waals surface area contributed by atoms with Gasteiger partial charge in [-0.05, 0) is 48.9 Å². The quantitative estimate of drug-likeness (QED) is 0.434. The van der Waals surface area contributed by atoms with E-state index >= 15 is 0 Å². The van der Waals surface area contributed by atoms with Crippen molar-refractivity contribution in [1.29, 1.82) is 0 Å². The molecule has 0 bridgehead atoms. The molecule has 0 unspecified atom stereocenters. The van der Waals surface area contributed by atoms with Crippen LogP contribution in [0.4, 0.5) is 17.5 Å². The lowest BCUT2D eigenvalue weighted by Gasteiger charge is -2.12. The van der Waals surface area contributed by atoms with Crippen molar-refractivity contribution in [3.63, 3.8) is 0 Å². The number of aryl methyl sites for hydroxylation is 1. The zero-order valence-corrected chi connectivity index (χ0v) is 15.9. The van der Waals surface area contributed by atoms with Crippen molar-refractivity contribution in [2.75, 3.05) is 10.6 Å². The molecule has 0 saturated heterocycles. The number of nitrogens with one attached hydrogen (secondary N) is 2. The minimum absolute atomic E-state index is 0.232. The van der Waals surface area contributed by atoms with Crippen LogP contribution in [0.15, 0.2) is 72.8 Å². The number of hydrogen-bond donors (Lipinski definition) is 3. The van der Waals surface area contributed by atoms with Crippen LogP contribution in [0.2, 0.25) is 0 Å². The fraction of sp³-hybridized carbons (Fsp3) is 0.0870. The van der Waals surface area contributed by atoms with Crippen molar-refractivity contribution in [3.8, 4) is 0 Å². The summed E-state index contributed by atoms with van der Waals surface area (Å²) >= 11 is 0. The molecule has 6 heteroatoms. The molecule has 144 valence electrons. The minimum Gasteiger partial charge on any atom is -0.478 e. The van der Waals surface area contributed by atoms with Gasteiger partial charge < -0.3 is 15.7 Å². The Hall–Kier alpha value is -3.93. The van der Waals surface area contributed by atoms with E-state index in [0.29, 0.717) is 12.5 Å². The largest absolute Gasteiger partial charge is 0.478 e. The SMILES string of the molecule is Cc1ccc(CNc2nc(Nc3ccc(C(=O)O)cc3)nc3ccccc23)cc1. The minimum atomic E-state index is -0.957. The summed E-state index contributed by atoms with van der Waals surface area (Å²) in [4.78, 5) is 20.2. The number of fused-ring (bicyclic) bond motifs is 1. The molecule has 3 N–H and O–H groups in total. The second-order valence-corrected chi connectivity index (χ2v) is 6.76. The van der Waals surface area contributed by atoms with Crippen molar-refractivity contribution in [3.05, 3.63) is 89.5 Å². The van der Waals surface area contributed by atoms with E-state index in [4.69, 9.17) is 5.11 Å². The Bertz CT molecular complexity index is 1160. The highest BCUT2D eigenvalue weighted by Gasteiger charge is 2.09. The molecule has 0 spiro atoms. The third-order valence-electron chi connectivity index (χ3n) is 4.57. The van der Waals surface area contributed by atoms with Gasteiger partial charge in [0.25, 0.3) is 0 Å². The molecular weight excluding hydrogens is 364 g/mol. The van der Waals surface area contributed by atoms with Crippen LogP contribution in [0.3, 0.4) is 0 Å². The molecule has 29 heavy (non-hydrogen) atoms. The van der Waals surface area contributed by atoms with Gasteiger partial charge >= 0.3 is 5.97 Å². The van der Waals surface area contributed by atoms with Gasteiger partial charge in [0, 0.05) is 17.6 Å². The molecule has 0 amide bonds. The Morgan fingerprint density at radius 3 is 2.38 bits per heavy atom. The van der Waals surface area contributed by atoms with Gasteiger partial charge in [0.15, 0.2) is 0 Å². The highest BCUT2D eigenvalue weighted by Crippen LogP contribution is 2.24. The number of carboxylic acids is 1. The molecule has 4 aromatic rings. The van der Waals surface area contributed by atoms with Gasteiger partial charge in [-0.1, -0.05) is 42.0 Å². The molecule has 1 heterocycles. The van der Waals surface area contributed by atoms with E-state index in [9.17, 15) is 4.79 Å². The molecule has 0 radical (unpaired) electrons. The number of rotatable bonds is 6. The first-order valence-electron chi connectivity index (χ1n) is 9.25. The van der Waals surface area contributed by atoms with E-state index in [1.54, 1.807) is 24.3 Å². The molecule has 4 rings (SSSR count). The van der Waals surface area contributed by atoms with Gasteiger partial charge in [-0.15, -0.1) is 0 Å². The number of hydrogen-bond acceptors (Lipinski definition) is 5. The number of aromatic carboxylic acids is 1. The van der Waals surface area contributed by atoms with E-state index in [1.165, 1.54) is 5.56 Å². The Morgan fingerprint density at radius 1 is 0.931 bits per heavy atom. The van der Waals surface area contributed by atoms with Gasteiger partial charge in [0.05, 0.1) is 11.1 Å². The lowest BCUT2D eigenvalue weighted by molar-refractivity contribution is 0.0697. The first-order valence-corrected chi connectivity index (χ1v) is 9.25. The number of benzene rings is 3. The molecule has 1 aromatic heterocycles. The van der Waals surface area contributed by atoms with Crippen LogP contribution >= 0.6 is 0 Å². The first kappa shape index (κ1) is 18.4. The highest BCUT2D eigenvalue weighted by molar-refractivity contribution is 5.90. The van der Waals surface area contributed by atoms with Crippen LogP contribution < -0.4 is 10.6 Å². The van der Waals surface area contributed by atoms with Crippen molar-refractivity contribution in [1.82, 2.24) is 9.97 Å². The summed E-state index contributed by atoms with van der Waals surface area (Å²) in [6.07, 6.45) is 0. The molecule has 3 aromatic carbocycles. The zero-order chi connectivity index (χ0) is 20.2. The van der Waals surface area contributed by atoms with Crippen molar-refractivity contribution in [2.45, 2.75) is 13.5 Å². The fourth-order valence-corrected chi connectivity index (χ4v) is 2.98. The van der Waals surface area contributed by atoms with Crippen LogP contribution in [-0.2, 0) is 6.54 Å². The van der Waals surface area contributed by atoms with E-state index in [2.05, 4.69) is 51.8 Å². The van der Waals surface area contributed by atoms with Gasteiger partial charge in [0.2, 0.25) is 5.95 Å². The first-order chi connectivity index (χ1) is 14.1.